The van der Waals surface area contributed by atoms with E-state index >= 15 is 0 Å². The van der Waals surface area contributed by atoms with Crippen LogP contribution in [-0.2, 0) is 24.1 Å². The fourth-order valence-electron chi connectivity index (χ4n) is 4.80. The van der Waals surface area contributed by atoms with Crippen LogP contribution in [0, 0.1) is 6.92 Å². The van der Waals surface area contributed by atoms with Crippen LogP contribution in [0.1, 0.15) is 32.7 Å². The molecule has 2 amide bonds. The van der Waals surface area contributed by atoms with Crippen LogP contribution in [0.3, 0.4) is 0 Å². The Morgan fingerprint density at radius 1 is 1.10 bits per heavy atom. The zero-order chi connectivity index (χ0) is 27.9. The van der Waals surface area contributed by atoms with Crippen LogP contribution < -0.4 is 10.6 Å². The Kier molecular flexibility index (Phi) is 6.77. The fourth-order valence-corrected chi connectivity index (χ4v) is 4.80. The number of rotatable bonds is 7. The smallest absolute Gasteiger partial charge is 0.355 e. The molecule has 1 aromatic heterocycles. The van der Waals surface area contributed by atoms with Crippen molar-refractivity contribution in [3.05, 3.63) is 82.5 Å². The number of aromatic nitrogens is 2. The molecule has 0 unspecified atom stereocenters. The maximum Gasteiger partial charge on any atom is 0.416 e. The number of hydrogen-bond donors (Lipinski definition) is 3. The van der Waals surface area contributed by atoms with E-state index in [1.165, 1.54) is 17.0 Å². The molecule has 3 N–H and O–H groups in total. The molecule has 0 radical (unpaired) electrons. The number of halogens is 3. The maximum absolute atomic E-state index is 13.6. The Morgan fingerprint density at radius 2 is 1.87 bits per heavy atom. The number of carbonyl (C=O) groups is 2. The summed E-state index contributed by atoms with van der Waals surface area (Å²) in [5.74, 6) is -0.921. The lowest BCUT2D eigenvalue weighted by atomic mass is 10.1. The van der Waals surface area contributed by atoms with Crippen molar-refractivity contribution in [3.63, 3.8) is 0 Å². The van der Waals surface area contributed by atoms with Gasteiger partial charge in [-0.2, -0.15) is 18.3 Å². The number of H-pyrrole nitrogens is 1. The predicted molar refractivity (Wildman–Crippen MR) is 143 cm³/mol. The van der Waals surface area contributed by atoms with E-state index in [-0.39, 0.29) is 36.8 Å². The first kappa shape index (κ1) is 26.2. The highest BCUT2D eigenvalue weighted by Crippen LogP contribution is 2.35. The van der Waals surface area contributed by atoms with Crippen molar-refractivity contribution in [1.82, 2.24) is 20.0 Å². The van der Waals surface area contributed by atoms with Gasteiger partial charge in [0, 0.05) is 35.5 Å². The van der Waals surface area contributed by atoms with Crippen LogP contribution in [0.4, 0.5) is 30.2 Å². The van der Waals surface area contributed by atoms with Crippen LogP contribution >= 0.6 is 0 Å². The van der Waals surface area contributed by atoms with Crippen LogP contribution in [0.25, 0.3) is 10.9 Å². The Morgan fingerprint density at radius 3 is 2.62 bits per heavy atom. The molecule has 0 fully saturated rings. The minimum atomic E-state index is -4.57. The summed E-state index contributed by atoms with van der Waals surface area (Å²) in [5.41, 5.74) is 3.62. The van der Waals surface area contributed by atoms with Gasteiger partial charge < -0.3 is 20.4 Å². The van der Waals surface area contributed by atoms with E-state index in [9.17, 15) is 22.8 Å². The van der Waals surface area contributed by atoms with E-state index in [0.29, 0.717) is 11.3 Å². The number of benzene rings is 3. The number of aromatic amines is 1. The lowest BCUT2D eigenvalue weighted by Gasteiger charge is -2.19. The molecule has 0 bridgehead atoms. The van der Waals surface area contributed by atoms with Gasteiger partial charge in [0.15, 0.2) is 0 Å². The number of hydrogen-bond acceptors (Lipinski definition) is 5. The Hall–Kier alpha value is -4.38. The molecule has 202 valence electrons. The molecular formula is C28H27F3N6O2. The van der Waals surface area contributed by atoms with Crippen molar-refractivity contribution < 1.29 is 22.8 Å². The lowest BCUT2D eigenvalue weighted by Crippen LogP contribution is -2.33. The zero-order valence-corrected chi connectivity index (χ0v) is 21.6. The molecule has 39 heavy (non-hydrogen) atoms. The highest BCUT2D eigenvalue weighted by molar-refractivity contribution is 6.06. The summed E-state index contributed by atoms with van der Waals surface area (Å²) in [6.45, 7) is 1.96. The Labute approximate surface area is 222 Å². The first-order valence-corrected chi connectivity index (χ1v) is 12.3. The number of carbonyl (C=O) groups excluding carboxylic acids is 2. The summed E-state index contributed by atoms with van der Waals surface area (Å²) < 4.78 is 40.9. The van der Waals surface area contributed by atoms with Gasteiger partial charge >= 0.3 is 6.18 Å². The van der Waals surface area contributed by atoms with E-state index in [1.807, 2.05) is 37.3 Å². The zero-order valence-electron chi connectivity index (χ0n) is 21.6. The number of fused-ring (bicyclic) bond motifs is 2. The van der Waals surface area contributed by atoms with E-state index in [2.05, 4.69) is 20.8 Å². The molecule has 3 aromatic carbocycles. The topological polar surface area (TPSA) is 93.4 Å². The third-order valence-electron chi connectivity index (χ3n) is 6.56. The summed E-state index contributed by atoms with van der Waals surface area (Å²) in [6.07, 6.45) is -4.57. The second-order valence-electron chi connectivity index (χ2n) is 9.86. The molecule has 11 heteroatoms. The number of amides is 2. The normalized spacial score (nSPS) is 13.3. The third kappa shape index (κ3) is 5.44. The Bertz CT molecular complexity index is 1580. The van der Waals surface area contributed by atoms with Gasteiger partial charge in [-0.15, -0.1) is 0 Å². The monoisotopic (exact) mass is 536 g/mol. The van der Waals surface area contributed by atoms with Crippen molar-refractivity contribution >= 4 is 39.8 Å². The number of nitrogens with one attached hydrogen (secondary N) is 3. The highest BCUT2D eigenvalue weighted by atomic mass is 19.4. The van der Waals surface area contributed by atoms with Crippen molar-refractivity contribution in [2.75, 3.05) is 31.3 Å². The van der Waals surface area contributed by atoms with Gasteiger partial charge in [0.05, 0.1) is 22.3 Å². The third-order valence-corrected chi connectivity index (χ3v) is 6.56. The molecule has 4 aromatic rings. The van der Waals surface area contributed by atoms with Crippen molar-refractivity contribution in [3.8, 4) is 0 Å². The first-order chi connectivity index (χ1) is 18.5. The average Bonchev–Trinajstić information content (AvgIpc) is 3.38. The molecule has 0 saturated heterocycles. The van der Waals surface area contributed by atoms with Gasteiger partial charge in [0.1, 0.15) is 6.54 Å². The summed E-state index contributed by atoms with van der Waals surface area (Å²) >= 11 is 0. The minimum absolute atomic E-state index is 0.0188. The van der Waals surface area contributed by atoms with Gasteiger partial charge in [-0.05, 0) is 68.5 Å². The van der Waals surface area contributed by atoms with E-state index in [4.69, 9.17) is 0 Å². The van der Waals surface area contributed by atoms with Gasteiger partial charge in [0.25, 0.3) is 5.91 Å². The van der Waals surface area contributed by atoms with E-state index < -0.39 is 17.6 Å². The highest BCUT2D eigenvalue weighted by Gasteiger charge is 2.34. The average molecular weight is 537 g/mol. The molecule has 1 aliphatic heterocycles. The summed E-state index contributed by atoms with van der Waals surface area (Å²) in [4.78, 5) is 29.1. The molecule has 1 aliphatic rings. The maximum atomic E-state index is 13.6. The van der Waals surface area contributed by atoms with Crippen LogP contribution in [0.5, 0.6) is 0 Å². The van der Waals surface area contributed by atoms with E-state index in [0.717, 1.165) is 33.9 Å². The number of anilines is 3. The molecule has 5 rings (SSSR count). The van der Waals surface area contributed by atoms with E-state index in [1.54, 1.807) is 25.1 Å². The second-order valence-corrected chi connectivity index (χ2v) is 9.86. The molecule has 0 atom stereocenters. The second kappa shape index (κ2) is 10.1. The summed E-state index contributed by atoms with van der Waals surface area (Å²) in [6, 6.07) is 14.9. The quantitative estimate of drug-likeness (QED) is 0.299. The first-order valence-electron chi connectivity index (χ1n) is 12.3. The predicted octanol–water partition coefficient (Wildman–Crippen LogP) is 5.29. The molecule has 0 aliphatic carbocycles. The van der Waals surface area contributed by atoms with Gasteiger partial charge in [-0.25, -0.2) is 0 Å². The van der Waals surface area contributed by atoms with Gasteiger partial charge in [-0.3, -0.25) is 14.7 Å². The largest absolute Gasteiger partial charge is 0.416 e. The standard InChI is InChI=1S/C28H27F3N6O2/c1-16-21-10-9-20(12-24(21)35-34-16)32-23-6-4-5-18-14-37(27(39)26(18)23)15-25(38)33-19-8-7-17(13-36(2)3)22(11-19)28(29,30)31/h4-12,32H,13-15H2,1-3H3,(H,33,38)(H,34,35). The Balaban J connectivity index is 1.30. The van der Waals surface area contributed by atoms with Crippen molar-refractivity contribution in [2.24, 2.45) is 0 Å². The molecule has 8 nitrogen and oxygen atoms in total. The van der Waals surface area contributed by atoms with Crippen LogP contribution in [0.15, 0.2) is 54.6 Å². The van der Waals surface area contributed by atoms with Crippen LogP contribution in [0.2, 0.25) is 0 Å². The van der Waals surface area contributed by atoms with Gasteiger partial charge in [0.2, 0.25) is 5.91 Å². The van der Waals surface area contributed by atoms with Gasteiger partial charge in [-0.1, -0.05) is 18.2 Å². The van der Waals surface area contributed by atoms with Crippen molar-refractivity contribution in [1.29, 1.82) is 0 Å². The SMILES string of the molecule is Cc1[nH]nc2cc(Nc3cccc4c3C(=O)N(CC(=O)Nc3ccc(CN(C)C)c(C(F)(F)F)c3)C4)ccc12. The number of alkyl halides is 3. The lowest BCUT2D eigenvalue weighted by molar-refractivity contribution is -0.138. The summed E-state index contributed by atoms with van der Waals surface area (Å²) in [7, 11) is 3.36. The fraction of sp³-hybridized carbons (Fsp3) is 0.250. The molecular weight excluding hydrogens is 509 g/mol. The number of aryl methyl sites for hydroxylation is 1. The molecule has 0 spiro atoms. The molecule has 2 heterocycles. The van der Waals surface area contributed by atoms with Crippen LogP contribution in [-0.4, -0.2) is 52.5 Å². The van der Waals surface area contributed by atoms with Crippen molar-refractivity contribution in [2.45, 2.75) is 26.2 Å². The summed E-state index contributed by atoms with van der Waals surface area (Å²) in [5, 5.41) is 14.0. The minimum Gasteiger partial charge on any atom is -0.355 e. The number of nitrogens with zero attached hydrogens (tertiary/aromatic N) is 3. The molecule has 0 saturated carbocycles.